The van der Waals surface area contributed by atoms with Gasteiger partial charge < -0.3 is 5.11 Å². The van der Waals surface area contributed by atoms with E-state index in [2.05, 4.69) is 0 Å². The Morgan fingerprint density at radius 3 is 1.90 bits per heavy atom. The van der Waals surface area contributed by atoms with Gasteiger partial charge >= 0.3 is 0 Å². The lowest BCUT2D eigenvalue weighted by Gasteiger charge is -2.17. The van der Waals surface area contributed by atoms with Crippen LogP contribution in [0.25, 0.3) is 0 Å². The van der Waals surface area contributed by atoms with Crippen LogP contribution in [-0.4, -0.2) is 22.8 Å². The Balaban J connectivity index is 2.01. The summed E-state index contributed by atoms with van der Waals surface area (Å²) < 4.78 is 0. The maximum Gasteiger partial charge on any atom is 0.191 e. The van der Waals surface area contributed by atoms with Crippen molar-refractivity contribution in [3.63, 3.8) is 0 Å². The summed E-state index contributed by atoms with van der Waals surface area (Å²) >= 11 is 0. The molecule has 108 valence electrons. The molecule has 0 bridgehead atoms. The van der Waals surface area contributed by atoms with Gasteiger partial charge in [0, 0.05) is 17.5 Å². The van der Waals surface area contributed by atoms with E-state index in [-0.39, 0.29) is 18.0 Å². The average Bonchev–Trinajstić information content (AvgIpc) is 2.55. The Bertz CT molecular complexity index is 605. The van der Waals surface area contributed by atoms with E-state index in [0.29, 0.717) is 11.1 Å². The molecule has 1 N–H and O–H groups in total. The Morgan fingerprint density at radius 1 is 0.905 bits per heavy atom. The molecule has 0 aliphatic carbocycles. The zero-order valence-corrected chi connectivity index (χ0v) is 11.9. The fraction of sp³-hybridized carbons (Fsp3) is 0.222. The van der Waals surface area contributed by atoms with Crippen LogP contribution in [0.2, 0.25) is 0 Å². The smallest absolute Gasteiger partial charge is 0.191 e. The van der Waals surface area contributed by atoms with Crippen LogP contribution in [0.4, 0.5) is 0 Å². The number of carbonyl (C=O) groups excluding carboxylic acids is 2. The molecule has 0 fully saturated rings. The molecule has 2 rings (SSSR count). The van der Waals surface area contributed by atoms with Crippen molar-refractivity contribution in [3.8, 4) is 0 Å². The van der Waals surface area contributed by atoms with Crippen molar-refractivity contribution in [2.75, 3.05) is 0 Å². The largest absolute Gasteiger partial charge is 0.385 e. The highest BCUT2D eigenvalue weighted by Gasteiger charge is 2.25. The lowest BCUT2D eigenvalue weighted by atomic mass is 9.90. The topological polar surface area (TPSA) is 54.4 Å². The molecule has 2 aromatic rings. The minimum absolute atomic E-state index is 0.0667. The van der Waals surface area contributed by atoms with Crippen LogP contribution >= 0.6 is 0 Å². The van der Waals surface area contributed by atoms with Gasteiger partial charge in [-0.25, -0.2) is 0 Å². The highest BCUT2D eigenvalue weighted by molar-refractivity contribution is 6.00. The summed E-state index contributed by atoms with van der Waals surface area (Å²) in [5, 5.41) is 10.1. The van der Waals surface area contributed by atoms with Gasteiger partial charge in [-0.2, -0.15) is 0 Å². The monoisotopic (exact) mass is 282 g/mol. The highest BCUT2D eigenvalue weighted by atomic mass is 16.3. The number of ketones is 2. The van der Waals surface area contributed by atoms with Crippen LogP contribution in [0.3, 0.4) is 0 Å². The molecule has 2 unspecified atom stereocenters. The fourth-order valence-electron chi connectivity index (χ4n) is 2.18. The predicted octanol–water partition coefficient (Wildman–Crippen LogP) is 3.14. The van der Waals surface area contributed by atoms with E-state index in [0.717, 1.165) is 0 Å². The van der Waals surface area contributed by atoms with Crippen LogP contribution in [0.15, 0.2) is 60.7 Å². The van der Waals surface area contributed by atoms with E-state index in [1.54, 1.807) is 55.5 Å². The number of aliphatic hydroxyl groups is 1. The summed E-state index contributed by atoms with van der Waals surface area (Å²) in [6.07, 6.45) is -1.02. The first kappa shape index (κ1) is 15.1. The summed E-state index contributed by atoms with van der Waals surface area (Å²) in [5.41, 5.74) is 1.06. The molecular formula is C18H18O3. The fourth-order valence-corrected chi connectivity index (χ4v) is 2.18. The predicted molar refractivity (Wildman–Crippen MR) is 81.3 cm³/mol. The van der Waals surface area contributed by atoms with Crippen molar-refractivity contribution in [3.05, 3.63) is 71.8 Å². The molecule has 0 aliphatic rings. The van der Waals surface area contributed by atoms with E-state index in [4.69, 9.17) is 0 Å². The van der Waals surface area contributed by atoms with Gasteiger partial charge in [-0.3, -0.25) is 9.59 Å². The van der Waals surface area contributed by atoms with Crippen molar-refractivity contribution in [2.24, 2.45) is 5.92 Å². The van der Waals surface area contributed by atoms with E-state index >= 15 is 0 Å². The molecule has 0 amide bonds. The Hall–Kier alpha value is -2.26. The maximum absolute atomic E-state index is 12.1. The van der Waals surface area contributed by atoms with Gasteiger partial charge in [0.25, 0.3) is 0 Å². The van der Waals surface area contributed by atoms with Crippen LogP contribution in [-0.2, 0) is 0 Å². The number of hydrogen-bond donors (Lipinski definition) is 1. The second-order valence-corrected chi connectivity index (χ2v) is 5.15. The number of Topliss-reactive ketones (excluding diaryl/α,β-unsaturated/α-hetero) is 2. The zero-order valence-electron chi connectivity index (χ0n) is 11.9. The van der Waals surface area contributed by atoms with E-state index in [1.165, 1.54) is 0 Å². The van der Waals surface area contributed by atoms with Gasteiger partial charge in [0.05, 0.1) is 0 Å². The summed E-state index contributed by atoms with van der Waals surface area (Å²) in [7, 11) is 0. The molecule has 2 atom stereocenters. The Kier molecular flexibility index (Phi) is 5.01. The molecule has 3 heteroatoms. The van der Waals surface area contributed by atoms with E-state index < -0.39 is 12.0 Å². The molecule has 2 aromatic carbocycles. The third kappa shape index (κ3) is 3.86. The molecule has 0 saturated carbocycles. The van der Waals surface area contributed by atoms with Gasteiger partial charge in [0.2, 0.25) is 0 Å². The van der Waals surface area contributed by atoms with Gasteiger partial charge in [-0.15, -0.1) is 0 Å². The van der Waals surface area contributed by atoms with Crippen LogP contribution in [0.1, 0.15) is 34.1 Å². The first-order valence-electron chi connectivity index (χ1n) is 6.95. The Morgan fingerprint density at radius 2 is 1.38 bits per heavy atom. The van der Waals surface area contributed by atoms with Crippen molar-refractivity contribution < 1.29 is 14.7 Å². The molecule has 0 heterocycles. The number of aliphatic hydroxyl groups excluding tert-OH is 1. The summed E-state index contributed by atoms with van der Waals surface area (Å²) in [4.78, 5) is 24.2. The first-order valence-corrected chi connectivity index (χ1v) is 6.95. The molecule has 3 nitrogen and oxygen atoms in total. The molecule has 21 heavy (non-hydrogen) atoms. The third-order valence-corrected chi connectivity index (χ3v) is 3.47. The van der Waals surface area contributed by atoms with Gasteiger partial charge in [0.15, 0.2) is 11.6 Å². The number of rotatable bonds is 6. The second kappa shape index (κ2) is 6.95. The SMILES string of the molecule is CC(CC(=O)c1ccccc1)C(O)C(=O)c1ccccc1. The Labute approximate surface area is 124 Å². The minimum atomic E-state index is -1.17. The lowest BCUT2D eigenvalue weighted by molar-refractivity contribution is 0.0598. The summed E-state index contributed by atoms with van der Waals surface area (Å²) in [6, 6.07) is 17.5. The lowest BCUT2D eigenvalue weighted by Crippen LogP contribution is -2.29. The molecule has 0 spiro atoms. The molecule has 0 radical (unpaired) electrons. The molecule has 0 aliphatic heterocycles. The first-order chi connectivity index (χ1) is 10.1. The maximum atomic E-state index is 12.1. The average molecular weight is 282 g/mol. The molecular weight excluding hydrogens is 264 g/mol. The standard InChI is InChI=1S/C18H18O3/c1-13(12-16(19)14-8-4-2-5-9-14)17(20)18(21)15-10-6-3-7-11-15/h2-11,13,17,20H,12H2,1H3. The summed E-state index contributed by atoms with van der Waals surface area (Å²) in [6.45, 7) is 1.71. The van der Waals surface area contributed by atoms with Crippen LogP contribution < -0.4 is 0 Å². The van der Waals surface area contributed by atoms with Crippen molar-refractivity contribution in [1.29, 1.82) is 0 Å². The second-order valence-electron chi connectivity index (χ2n) is 5.15. The molecule has 0 aromatic heterocycles. The molecule has 0 saturated heterocycles. The summed E-state index contributed by atoms with van der Waals surface area (Å²) in [5.74, 6) is -0.836. The van der Waals surface area contributed by atoms with E-state index in [9.17, 15) is 14.7 Å². The number of benzene rings is 2. The van der Waals surface area contributed by atoms with Crippen molar-refractivity contribution in [1.82, 2.24) is 0 Å². The van der Waals surface area contributed by atoms with Crippen LogP contribution in [0.5, 0.6) is 0 Å². The normalized spacial score (nSPS) is 13.4. The quantitative estimate of drug-likeness (QED) is 0.828. The van der Waals surface area contributed by atoms with E-state index in [1.807, 2.05) is 12.1 Å². The number of hydrogen-bond acceptors (Lipinski definition) is 3. The number of carbonyl (C=O) groups is 2. The van der Waals surface area contributed by atoms with Gasteiger partial charge in [-0.05, 0) is 5.92 Å². The third-order valence-electron chi connectivity index (χ3n) is 3.47. The highest BCUT2D eigenvalue weighted by Crippen LogP contribution is 2.17. The van der Waals surface area contributed by atoms with Crippen molar-refractivity contribution in [2.45, 2.75) is 19.4 Å². The minimum Gasteiger partial charge on any atom is -0.385 e. The zero-order chi connectivity index (χ0) is 15.2. The van der Waals surface area contributed by atoms with Gasteiger partial charge in [-0.1, -0.05) is 67.6 Å². The van der Waals surface area contributed by atoms with Gasteiger partial charge in [0.1, 0.15) is 6.10 Å². The van der Waals surface area contributed by atoms with Crippen LogP contribution in [0, 0.1) is 5.92 Å². The van der Waals surface area contributed by atoms with Crippen molar-refractivity contribution >= 4 is 11.6 Å².